The van der Waals surface area contributed by atoms with Gasteiger partial charge in [-0.05, 0) is 55.0 Å². The molecule has 2 aromatic carbocycles. The molecule has 2 aromatic rings. The number of nitrogens with one attached hydrogen (secondary N) is 1. The van der Waals surface area contributed by atoms with E-state index >= 15 is 0 Å². The third kappa shape index (κ3) is 3.86. The number of anilines is 1. The standard InChI is InChI=1S/C24H26N2O2/c1-17-8-7-11-19(14-17)25-23(27)15-21-20-12-5-6-13-22(20)26(24(21)28)16-18-9-3-2-4-10-18/h2-4,7-11,14,22H,5-6,12-13,15-16H2,1H3,(H,25,27). The van der Waals surface area contributed by atoms with Crippen LogP contribution in [0.15, 0.2) is 65.7 Å². The van der Waals surface area contributed by atoms with Crippen LogP contribution in [0.3, 0.4) is 0 Å². The van der Waals surface area contributed by atoms with Crippen molar-refractivity contribution in [3.63, 3.8) is 0 Å². The predicted molar refractivity (Wildman–Crippen MR) is 111 cm³/mol. The molecule has 0 spiro atoms. The van der Waals surface area contributed by atoms with Crippen molar-refractivity contribution in [1.29, 1.82) is 0 Å². The van der Waals surface area contributed by atoms with Gasteiger partial charge in [0.1, 0.15) is 0 Å². The zero-order valence-electron chi connectivity index (χ0n) is 16.3. The molecular formula is C24H26N2O2. The van der Waals surface area contributed by atoms with Crippen LogP contribution >= 0.6 is 0 Å². The first kappa shape index (κ1) is 18.5. The second-order valence-electron chi connectivity index (χ2n) is 7.78. The van der Waals surface area contributed by atoms with Crippen LogP contribution < -0.4 is 5.32 Å². The van der Waals surface area contributed by atoms with Crippen molar-refractivity contribution in [3.05, 3.63) is 76.9 Å². The second kappa shape index (κ2) is 8.01. The molecule has 1 saturated carbocycles. The molecule has 144 valence electrons. The number of benzene rings is 2. The van der Waals surface area contributed by atoms with Gasteiger partial charge in [0.25, 0.3) is 5.91 Å². The number of nitrogens with zero attached hydrogens (tertiary/aromatic N) is 1. The van der Waals surface area contributed by atoms with Gasteiger partial charge < -0.3 is 10.2 Å². The normalized spacial score (nSPS) is 19.0. The molecule has 0 aromatic heterocycles. The van der Waals surface area contributed by atoms with Crippen molar-refractivity contribution in [2.24, 2.45) is 0 Å². The van der Waals surface area contributed by atoms with E-state index in [-0.39, 0.29) is 24.3 Å². The zero-order chi connectivity index (χ0) is 19.5. The summed E-state index contributed by atoms with van der Waals surface area (Å²) >= 11 is 0. The molecule has 1 aliphatic heterocycles. The van der Waals surface area contributed by atoms with E-state index in [1.165, 1.54) is 5.57 Å². The summed E-state index contributed by atoms with van der Waals surface area (Å²) in [5.74, 6) is -0.0857. The van der Waals surface area contributed by atoms with Crippen molar-refractivity contribution < 1.29 is 9.59 Å². The summed E-state index contributed by atoms with van der Waals surface area (Å²) in [6, 6.07) is 18.0. The number of aryl methyl sites for hydroxylation is 1. The fraction of sp³-hybridized carbons (Fsp3) is 0.333. The van der Waals surface area contributed by atoms with Crippen LogP contribution in [0.2, 0.25) is 0 Å². The molecule has 28 heavy (non-hydrogen) atoms. The smallest absolute Gasteiger partial charge is 0.251 e. The monoisotopic (exact) mass is 374 g/mol. The Morgan fingerprint density at radius 3 is 2.71 bits per heavy atom. The second-order valence-corrected chi connectivity index (χ2v) is 7.78. The molecule has 4 nitrogen and oxygen atoms in total. The Morgan fingerprint density at radius 2 is 1.93 bits per heavy atom. The number of hydrogen-bond donors (Lipinski definition) is 1. The van der Waals surface area contributed by atoms with Gasteiger partial charge in [0.2, 0.25) is 5.91 Å². The molecule has 1 fully saturated rings. The number of hydrogen-bond acceptors (Lipinski definition) is 2. The summed E-state index contributed by atoms with van der Waals surface area (Å²) in [4.78, 5) is 27.8. The number of carbonyl (C=O) groups excluding carboxylic acids is 2. The van der Waals surface area contributed by atoms with E-state index in [1.54, 1.807) is 0 Å². The molecule has 1 aliphatic carbocycles. The Bertz CT molecular complexity index is 917. The van der Waals surface area contributed by atoms with E-state index in [2.05, 4.69) is 17.4 Å². The summed E-state index contributed by atoms with van der Waals surface area (Å²) in [7, 11) is 0. The summed E-state index contributed by atoms with van der Waals surface area (Å²) in [5.41, 5.74) is 4.91. The Hall–Kier alpha value is -2.88. The van der Waals surface area contributed by atoms with Gasteiger partial charge in [-0.3, -0.25) is 9.59 Å². The molecule has 0 saturated heterocycles. The van der Waals surface area contributed by atoms with Gasteiger partial charge in [0, 0.05) is 17.8 Å². The van der Waals surface area contributed by atoms with E-state index in [0.717, 1.165) is 42.5 Å². The van der Waals surface area contributed by atoms with Crippen molar-refractivity contribution in [3.8, 4) is 0 Å². The minimum absolute atomic E-state index is 0.0325. The summed E-state index contributed by atoms with van der Waals surface area (Å²) in [6.45, 7) is 2.60. The van der Waals surface area contributed by atoms with Crippen molar-refractivity contribution in [2.45, 2.75) is 51.6 Å². The van der Waals surface area contributed by atoms with Crippen molar-refractivity contribution in [2.75, 3.05) is 5.32 Å². The van der Waals surface area contributed by atoms with Gasteiger partial charge in [-0.1, -0.05) is 48.9 Å². The van der Waals surface area contributed by atoms with Crippen LogP contribution in [0.1, 0.15) is 43.2 Å². The summed E-state index contributed by atoms with van der Waals surface area (Å²) in [5, 5.41) is 2.95. The molecule has 1 unspecified atom stereocenters. The van der Waals surface area contributed by atoms with Gasteiger partial charge >= 0.3 is 0 Å². The topological polar surface area (TPSA) is 49.4 Å². The van der Waals surface area contributed by atoms with E-state index < -0.39 is 0 Å². The lowest BCUT2D eigenvalue weighted by Gasteiger charge is -2.30. The Balaban J connectivity index is 1.51. The Kier molecular flexibility index (Phi) is 5.29. The van der Waals surface area contributed by atoms with E-state index in [9.17, 15) is 9.59 Å². The van der Waals surface area contributed by atoms with Gasteiger partial charge in [0.05, 0.1) is 12.5 Å². The third-order valence-electron chi connectivity index (χ3n) is 5.69. The average Bonchev–Trinajstić information content (AvgIpc) is 2.95. The lowest BCUT2D eigenvalue weighted by Crippen LogP contribution is -2.36. The van der Waals surface area contributed by atoms with Crippen LogP contribution in [-0.4, -0.2) is 22.8 Å². The van der Waals surface area contributed by atoms with Gasteiger partial charge in [-0.25, -0.2) is 0 Å². The van der Waals surface area contributed by atoms with Gasteiger partial charge in [-0.2, -0.15) is 0 Å². The first-order valence-electron chi connectivity index (χ1n) is 10.0. The first-order valence-corrected chi connectivity index (χ1v) is 10.0. The fourth-order valence-electron chi connectivity index (χ4n) is 4.38. The van der Waals surface area contributed by atoms with Crippen LogP contribution in [-0.2, 0) is 16.1 Å². The minimum atomic E-state index is -0.118. The quantitative estimate of drug-likeness (QED) is 0.831. The molecule has 0 radical (unpaired) electrons. The number of rotatable bonds is 5. The third-order valence-corrected chi connectivity index (χ3v) is 5.69. The number of fused-ring (bicyclic) bond motifs is 1. The molecule has 2 amide bonds. The molecule has 2 aliphatic rings. The fourth-order valence-corrected chi connectivity index (χ4v) is 4.38. The Labute approximate surface area is 166 Å². The van der Waals surface area contributed by atoms with E-state index in [4.69, 9.17) is 0 Å². The van der Waals surface area contributed by atoms with Gasteiger partial charge in [0.15, 0.2) is 0 Å². The highest BCUT2D eigenvalue weighted by atomic mass is 16.2. The van der Waals surface area contributed by atoms with Crippen molar-refractivity contribution >= 4 is 17.5 Å². The molecule has 1 N–H and O–H groups in total. The highest BCUT2D eigenvalue weighted by Crippen LogP contribution is 2.38. The molecule has 4 rings (SSSR count). The number of carbonyl (C=O) groups is 2. The van der Waals surface area contributed by atoms with Crippen LogP contribution in [0.5, 0.6) is 0 Å². The lowest BCUT2D eigenvalue weighted by atomic mass is 9.88. The summed E-state index contributed by atoms with van der Waals surface area (Å²) in [6.07, 6.45) is 4.31. The first-order chi connectivity index (χ1) is 13.6. The highest BCUT2D eigenvalue weighted by Gasteiger charge is 2.40. The van der Waals surface area contributed by atoms with Crippen molar-refractivity contribution in [1.82, 2.24) is 4.90 Å². The highest BCUT2D eigenvalue weighted by molar-refractivity contribution is 6.04. The Morgan fingerprint density at radius 1 is 1.11 bits per heavy atom. The molecular weight excluding hydrogens is 348 g/mol. The molecule has 4 heteroatoms. The van der Waals surface area contributed by atoms with Gasteiger partial charge in [-0.15, -0.1) is 0 Å². The molecule has 1 heterocycles. The average molecular weight is 374 g/mol. The van der Waals surface area contributed by atoms with Crippen LogP contribution in [0.25, 0.3) is 0 Å². The maximum absolute atomic E-state index is 13.2. The zero-order valence-corrected chi connectivity index (χ0v) is 16.3. The summed E-state index contributed by atoms with van der Waals surface area (Å²) < 4.78 is 0. The van der Waals surface area contributed by atoms with Crippen LogP contribution in [0, 0.1) is 6.92 Å². The molecule has 1 atom stereocenters. The molecule has 0 bridgehead atoms. The number of amides is 2. The van der Waals surface area contributed by atoms with Crippen LogP contribution in [0.4, 0.5) is 5.69 Å². The van der Waals surface area contributed by atoms with E-state index in [0.29, 0.717) is 12.1 Å². The maximum Gasteiger partial charge on any atom is 0.251 e. The maximum atomic E-state index is 13.2. The largest absolute Gasteiger partial charge is 0.328 e. The lowest BCUT2D eigenvalue weighted by molar-refractivity contribution is -0.129. The SMILES string of the molecule is Cc1cccc(NC(=O)CC2=C3CCCCC3N(Cc3ccccc3)C2=O)c1. The minimum Gasteiger partial charge on any atom is -0.328 e. The predicted octanol–water partition coefficient (Wildman–Crippen LogP) is 4.61. The van der Waals surface area contributed by atoms with E-state index in [1.807, 2.05) is 54.3 Å².